The van der Waals surface area contributed by atoms with E-state index in [2.05, 4.69) is 10.3 Å². The average Bonchev–Trinajstić information content (AvgIpc) is 2.57. The van der Waals surface area contributed by atoms with E-state index in [0.29, 0.717) is 22.3 Å². The van der Waals surface area contributed by atoms with E-state index >= 15 is 0 Å². The SMILES string of the molecule is CC(C)N1C(=O)C(C)(C(=O)Nc2ccc(Cl)cc2)Oc2cccnc21. The Hall–Kier alpha value is -2.60. The molecule has 7 heteroatoms. The second-order valence-electron chi connectivity index (χ2n) is 6.19. The highest BCUT2D eigenvalue weighted by Crippen LogP contribution is 2.37. The van der Waals surface area contributed by atoms with Gasteiger partial charge in [0.2, 0.25) is 0 Å². The summed E-state index contributed by atoms with van der Waals surface area (Å²) < 4.78 is 5.78. The van der Waals surface area contributed by atoms with Crippen LogP contribution in [0.1, 0.15) is 20.8 Å². The lowest BCUT2D eigenvalue weighted by Crippen LogP contribution is -2.62. The molecule has 25 heavy (non-hydrogen) atoms. The number of halogens is 1. The Labute approximate surface area is 150 Å². The van der Waals surface area contributed by atoms with E-state index in [1.54, 1.807) is 42.6 Å². The summed E-state index contributed by atoms with van der Waals surface area (Å²) in [4.78, 5) is 31.6. The lowest BCUT2D eigenvalue weighted by molar-refractivity contribution is -0.145. The fraction of sp³-hybridized carbons (Fsp3) is 0.278. The van der Waals surface area contributed by atoms with E-state index in [1.165, 1.54) is 11.8 Å². The van der Waals surface area contributed by atoms with Crippen LogP contribution in [0.5, 0.6) is 5.75 Å². The second-order valence-corrected chi connectivity index (χ2v) is 6.63. The van der Waals surface area contributed by atoms with Crippen LogP contribution in [0.3, 0.4) is 0 Å². The Kier molecular flexibility index (Phi) is 4.39. The highest BCUT2D eigenvalue weighted by molar-refractivity contribution is 6.30. The fourth-order valence-electron chi connectivity index (χ4n) is 2.64. The number of rotatable bonds is 3. The van der Waals surface area contributed by atoms with Gasteiger partial charge in [0.05, 0.1) is 0 Å². The zero-order valence-corrected chi connectivity index (χ0v) is 14.9. The van der Waals surface area contributed by atoms with Gasteiger partial charge in [0.15, 0.2) is 11.6 Å². The molecule has 0 spiro atoms. The number of carbonyl (C=O) groups is 2. The van der Waals surface area contributed by atoms with E-state index in [1.807, 2.05) is 13.8 Å². The van der Waals surface area contributed by atoms with Gasteiger partial charge < -0.3 is 10.1 Å². The van der Waals surface area contributed by atoms with E-state index in [0.717, 1.165) is 0 Å². The van der Waals surface area contributed by atoms with Gasteiger partial charge in [-0.2, -0.15) is 0 Å². The minimum absolute atomic E-state index is 0.173. The van der Waals surface area contributed by atoms with Crippen LogP contribution in [0, 0.1) is 0 Å². The average molecular weight is 360 g/mol. The highest BCUT2D eigenvalue weighted by Gasteiger charge is 2.51. The molecule has 130 valence electrons. The molecule has 0 radical (unpaired) electrons. The van der Waals surface area contributed by atoms with Gasteiger partial charge >= 0.3 is 0 Å². The quantitative estimate of drug-likeness (QED) is 0.854. The summed E-state index contributed by atoms with van der Waals surface area (Å²) in [5.74, 6) is -0.205. The van der Waals surface area contributed by atoms with Gasteiger partial charge in [-0.3, -0.25) is 14.5 Å². The van der Waals surface area contributed by atoms with Crippen molar-refractivity contribution in [3.63, 3.8) is 0 Å². The number of aromatic nitrogens is 1. The molecule has 2 aromatic rings. The first-order chi connectivity index (χ1) is 11.8. The third-order valence-corrected chi connectivity index (χ3v) is 4.22. The van der Waals surface area contributed by atoms with Crippen LogP contribution in [-0.4, -0.2) is 28.4 Å². The van der Waals surface area contributed by atoms with Crippen molar-refractivity contribution in [2.75, 3.05) is 10.2 Å². The zero-order chi connectivity index (χ0) is 18.2. The molecule has 2 heterocycles. The maximum Gasteiger partial charge on any atom is 0.282 e. The Morgan fingerprint density at radius 3 is 2.60 bits per heavy atom. The summed E-state index contributed by atoms with van der Waals surface area (Å²) in [5, 5.41) is 3.27. The Morgan fingerprint density at radius 1 is 1.28 bits per heavy atom. The molecule has 1 aliphatic rings. The summed E-state index contributed by atoms with van der Waals surface area (Å²) >= 11 is 5.85. The van der Waals surface area contributed by atoms with E-state index in [-0.39, 0.29) is 6.04 Å². The van der Waals surface area contributed by atoms with Crippen molar-refractivity contribution in [1.29, 1.82) is 0 Å². The van der Waals surface area contributed by atoms with E-state index in [9.17, 15) is 9.59 Å². The van der Waals surface area contributed by atoms with Crippen LogP contribution in [0.25, 0.3) is 0 Å². The first kappa shape index (κ1) is 17.2. The van der Waals surface area contributed by atoms with Crippen LogP contribution in [-0.2, 0) is 9.59 Å². The number of fused-ring (bicyclic) bond motifs is 1. The number of anilines is 2. The molecule has 1 N–H and O–H groups in total. The molecular formula is C18H18ClN3O3. The molecule has 1 unspecified atom stereocenters. The Balaban J connectivity index is 1.95. The number of pyridine rings is 1. The number of benzene rings is 1. The minimum atomic E-state index is -1.69. The molecule has 0 fully saturated rings. The van der Waals surface area contributed by atoms with Gasteiger partial charge in [-0.05, 0) is 57.2 Å². The summed E-state index contributed by atoms with van der Waals surface area (Å²) in [7, 11) is 0. The monoisotopic (exact) mass is 359 g/mol. The zero-order valence-electron chi connectivity index (χ0n) is 14.1. The normalized spacial score (nSPS) is 19.4. The van der Waals surface area contributed by atoms with Crippen LogP contribution < -0.4 is 15.0 Å². The predicted octanol–water partition coefficient (Wildman–Crippen LogP) is 3.27. The number of carbonyl (C=O) groups excluding carboxylic acids is 2. The predicted molar refractivity (Wildman–Crippen MR) is 96.0 cm³/mol. The number of amides is 2. The number of hydrogen-bond donors (Lipinski definition) is 1. The van der Waals surface area contributed by atoms with Crippen LogP contribution in [0.15, 0.2) is 42.6 Å². The number of nitrogens with one attached hydrogen (secondary N) is 1. The summed E-state index contributed by atoms with van der Waals surface area (Å²) in [5.41, 5.74) is -1.17. The fourth-order valence-corrected chi connectivity index (χ4v) is 2.76. The van der Waals surface area contributed by atoms with Crippen molar-refractivity contribution in [3.8, 4) is 5.75 Å². The lowest BCUT2D eigenvalue weighted by Gasteiger charge is -2.40. The van der Waals surface area contributed by atoms with E-state index < -0.39 is 17.4 Å². The largest absolute Gasteiger partial charge is 0.464 e. The molecule has 6 nitrogen and oxygen atoms in total. The standard InChI is InChI=1S/C18H18ClN3O3/c1-11(2)22-15-14(5-4-10-20-15)25-18(3,17(22)24)16(23)21-13-8-6-12(19)7-9-13/h4-11H,1-3H3,(H,21,23). The van der Waals surface area contributed by atoms with Crippen molar-refractivity contribution in [2.24, 2.45) is 0 Å². The number of nitrogens with zero attached hydrogens (tertiary/aromatic N) is 2. The first-order valence-corrected chi connectivity index (χ1v) is 8.25. The van der Waals surface area contributed by atoms with Crippen LogP contribution >= 0.6 is 11.6 Å². The molecule has 2 amide bonds. The van der Waals surface area contributed by atoms with Gasteiger partial charge in [0.25, 0.3) is 17.4 Å². The molecule has 0 aliphatic carbocycles. The van der Waals surface area contributed by atoms with Gasteiger partial charge in [-0.25, -0.2) is 4.98 Å². The number of hydrogen-bond acceptors (Lipinski definition) is 4. The molecule has 3 rings (SSSR count). The molecule has 0 saturated carbocycles. The maximum absolute atomic E-state index is 13.0. The molecule has 1 aliphatic heterocycles. The molecule has 1 atom stereocenters. The van der Waals surface area contributed by atoms with Gasteiger partial charge in [0, 0.05) is 22.9 Å². The topological polar surface area (TPSA) is 71.5 Å². The Bertz CT molecular complexity index is 823. The van der Waals surface area contributed by atoms with Gasteiger partial charge in [-0.1, -0.05) is 11.6 Å². The smallest absolute Gasteiger partial charge is 0.282 e. The molecular weight excluding hydrogens is 342 g/mol. The van der Waals surface area contributed by atoms with Gasteiger partial charge in [0.1, 0.15) is 0 Å². The van der Waals surface area contributed by atoms with Crippen molar-refractivity contribution in [3.05, 3.63) is 47.6 Å². The first-order valence-electron chi connectivity index (χ1n) is 7.87. The van der Waals surface area contributed by atoms with E-state index in [4.69, 9.17) is 16.3 Å². The third-order valence-electron chi connectivity index (χ3n) is 3.97. The van der Waals surface area contributed by atoms with Gasteiger partial charge in [-0.15, -0.1) is 0 Å². The lowest BCUT2D eigenvalue weighted by atomic mass is 9.99. The second kappa shape index (κ2) is 6.37. The van der Waals surface area contributed by atoms with Crippen LogP contribution in [0.4, 0.5) is 11.5 Å². The molecule has 0 bridgehead atoms. The summed E-state index contributed by atoms with van der Waals surface area (Å²) in [6, 6.07) is 9.85. The molecule has 0 saturated heterocycles. The Morgan fingerprint density at radius 2 is 1.96 bits per heavy atom. The minimum Gasteiger partial charge on any atom is -0.464 e. The third kappa shape index (κ3) is 3.05. The summed E-state index contributed by atoms with van der Waals surface area (Å²) in [6.45, 7) is 5.18. The van der Waals surface area contributed by atoms with Crippen molar-refractivity contribution < 1.29 is 14.3 Å². The molecule has 1 aromatic heterocycles. The van der Waals surface area contributed by atoms with Crippen molar-refractivity contribution in [2.45, 2.75) is 32.4 Å². The number of ether oxygens (including phenoxy) is 1. The van der Waals surface area contributed by atoms with Crippen molar-refractivity contribution >= 4 is 34.9 Å². The summed E-state index contributed by atoms with van der Waals surface area (Å²) in [6.07, 6.45) is 1.58. The maximum atomic E-state index is 13.0. The van der Waals surface area contributed by atoms with Crippen molar-refractivity contribution in [1.82, 2.24) is 4.98 Å². The highest BCUT2D eigenvalue weighted by atomic mass is 35.5. The molecule has 1 aromatic carbocycles. The van der Waals surface area contributed by atoms with Crippen LogP contribution in [0.2, 0.25) is 5.02 Å².